The molecule has 2 aromatic rings. The second-order valence-electron chi connectivity index (χ2n) is 5.29. The number of piperidine rings is 1. The van der Waals surface area contributed by atoms with E-state index in [2.05, 4.69) is 60.4 Å². The third-order valence-electron chi connectivity index (χ3n) is 3.76. The lowest BCUT2D eigenvalue weighted by molar-refractivity contribution is 0.211. The van der Waals surface area contributed by atoms with E-state index in [1.807, 2.05) is 6.20 Å². The van der Waals surface area contributed by atoms with Gasteiger partial charge in [0.15, 0.2) is 0 Å². The molecule has 2 N–H and O–H groups in total. The Balaban J connectivity index is 1.47. The summed E-state index contributed by atoms with van der Waals surface area (Å²) in [5.74, 6) is 1.02. The molecule has 3 rings (SSSR count). The monoisotopic (exact) mass is 334 g/mol. The molecule has 0 unspecified atom stereocenters. The molecular weight excluding hydrogens is 316 g/mol. The minimum absolute atomic E-state index is 0.552. The van der Waals surface area contributed by atoms with Crippen LogP contribution in [0.1, 0.15) is 18.4 Å². The zero-order valence-corrected chi connectivity index (χ0v) is 12.9. The van der Waals surface area contributed by atoms with Gasteiger partial charge in [0.1, 0.15) is 5.82 Å². The van der Waals surface area contributed by atoms with Crippen molar-refractivity contribution in [3.05, 3.63) is 46.8 Å². The largest absolute Gasteiger partial charge is 0.367 e. The zero-order chi connectivity index (χ0) is 13.8. The molecule has 0 aliphatic carbocycles. The predicted octanol–water partition coefficient (Wildman–Crippen LogP) is 3.25. The first-order valence-corrected chi connectivity index (χ1v) is 7.80. The van der Waals surface area contributed by atoms with Crippen LogP contribution in [-0.4, -0.2) is 34.0 Å². The van der Waals surface area contributed by atoms with Crippen LogP contribution in [0.25, 0.3) is 0 Å². The first-order valence-electron chi connectivity index (χ1n) is 7.01. The molecule has 106 valence electrons. The molecule has 1 aliphatic rings. The number of H-pyrrole nitrogens is 1. The topological polar surface area (TPSA) is 44.0 Å². The molecule has 0 spiro atoms. The Labute approximate surface area is 127 Å². The average molecular weight is 335 g/mol. The SMILES string of the molecule is Brc1ccc(CN2CCC(Nc3cnc[nH]3)CC2)cc1. The van der Waals surface area contributed by atoms with Crippen LogP contribution in [-0.2, 0) is 6.54 Å². The van der Waals surface area contributed by atoms with Gasteiger partial charge >= 0.3 is 0 Å². The highest BCUT2D eigenvalue weighted by atomic mass is 79.9. The molecule has 1 saturated heterocycles. The van der Waals surface area contributed by atoms with Crippen LogP contribution in [0.3, 0.4) is 0 Å². The lowest BCUT2D eigenvalue weighted by Gasteiger charge is -2.32. The lowest BCUT2D eigenvalue weighted by Crippen LogP contribution is -2.38. The molecule has 1 aliphatic heterocycles. The van der Waals surface area contributed by atoms with Gasteiger partial charge in [-0.1, -0.05) is 28.1 Å². The minimum Gasteiger partial charge on any atom is -0.367 e. The van der Waals surface area contributed by atoms with Crippen molar-refractivity contribution in [1.82, 2.24) is 14.9 Å². The predicted molar refractivity (Wildman–Crippen MR) is 84.7 cm³/mol. The number of aromatic amines is 1. The van der Waals surface area contributed by atoms with Gasteiger partial charge in [-0.2, -0.15) is 0 Å². The van der Waals surface area contributed by atoms with Crippen molar-refractivity contribution in [3.63, 3.8) is 0 Å². The highest BCUT2D eigenvalue weighted by Gasteiger charge is 2.19. The van der Waals surface area contributed by atoms with Crippen LogP contribution in [0.2, 0.25) is 0 Å². The van der Waals surface area contributed by atoms with Crippen LogP contribution in [0.5, 0.6) is 0 Å². The summed E-state index contributed by atoms with van der Waals surface area (Å²) < 4.78 is 1.14. The molecule has 2 heterocycles. The Morgan fingerprint density at radius 3 is 2.65 bits per heavy atom. The second-order valence-corrected chi connectivity index (χ2v) is 6.20. The summed E-state index contributed by atoms with van der Waals surface area (Å²) in [6, 6.07) is 9.17. The Morgan fingerprint density at radius 1 is 1.25 bits per heavy atom. The van der Waals surface area contributed by atoms with Gasteiger partial charge in [0.25, 0.3) is 0 Å². The first-order chi connectivity index (χ1) is 9.79. The maximum atomic E-state index is 4.03. The van der Waals surface area contributed by atoms with Gasteiger partial charge in [0.05, 0.1) is 12.5 Å². The van der Waals surface area contributed by atoms with Crippen molar-refractivity contribution in [2.24, 2.45) is 0 Å². The molecule has 0 radical (unpaired) electrons. The molecular formula is C15H19BrN4. The van der Waals surface area contributed by atoms with E-state index in [0.29, 0.717) is 6.04 Å². The molecule has 4 nitrogen and oxygen atoms in total. The molecule has 0 amide bonds. The summed E-state index contributed by atoms with van der Waals surface area (Å²) >= 11 is 3.48. The summed E-state index contributed by atoms with van der Waals surface area (Å²) in [4.78, 5) is 9.66. The van der Waals surface area contributed by atoms with Gasteiger partial charge in [0, 0.05) is 30.1 Å². The van der Waals surface area contributed by atoms with Gasteiger partial charge in [0.2, 0.25) is 0 Å². The van der Waals surface area contributed by atoms with Crippen LogP contribution in [0.4, 0.5) is 5.82 Å². The number of halogens is 1. The fourth-order valence-electron chi connectivity index (χ4n) is 2.64. The third kappa shape index (κ3) is 3.61. The molecule has 0 saturated carbocycles. The summed E-state index contributed by atoms with van der Waals surface area (Å²) in [5.41, 5.74) is 1.38. The number of hydrogen-bond donors (Lipinski definition) is 2. The van der Waals surface area contributed by atoms with Crippen LogP contribution in [0.15, 0.2) is 41.3 Å². The quantitative estimate of drug-likeness (QED) is 0.901. The van der Waals surface area contributed by atoms with Crippen molar-refractivity contribution in [2.75, 3.05) is 18.4 Å². The number of aromatic nitrogens is 2. The van der Waals surface area contributed by atoms with Gasteiger partial charge in [-0.15, -0.1) is 0 Å². The fraction of sp³-hybridized carbons (Fsp3) is 0.400. The van der Waals surface area contributed by atoms with E-state index in [4.69, 9.17) is 0 Å². The molecule has 1 fully saturated rings. The molecule has 1 aromatic heterocycles. The first kappa shape index (κ1) is 13.6. The van der Waals surface area contributed by atoms with Crippen molar-refractivity contribution in [3.8, 4) is 0 Å². The van der Waals surface area contributed by atoms with Gasteiger partial charge in [-0.05, 0) is 30.5 Å². The minimum atomic E-state index is 0.552. The van der Waals surface area contributed by atoms with E-state index < -0.39 is 0 Å². The van der Waals surface area contributed by atoms with Crippen molar-refractivity contribution in [1.29, 1.82) is 0 Å². The van der Waals surface area contributed by atoms with Gasteiger partial charge < -0.3 is 10.3 Å². The van der Waals surface area contributed by atoms with Crippen molar-refractivity contribution in [2.45, 2.75) is 25.4 Å². The molecule has 5 heteroatoms. The van der Waals surface area contributed by atoms with Crippen LogP contribution < -0.4 is 5.32 Å². The number of imidazole rings is 1. The normalized spacial score (nSPS) is 17.2. The van der Waals surface area contributed by atoms with Crippen LogP contribution >= 0.6 is 15.9 Å². The van der Waals surface area contributed by atoms with E-state index in [0.717, 1.165) is 29.9 Å². The highest BCUT2D eigenvalue weighted by Crippen LogP contribution is 2.18. The smallest absolute Gasteiger partial charge is 0.123 e. The van der Waals surface area contributed by atoms with E-state index >= 15 is 0 Å². The maximum absolute atomic E-state index is 4.03. The fourth-order valence-corrected chi connectivity index (χ4v) is 2.90. The summed E-state index contributed by atoms with van der Waals surface area (Å²) in [7, 11) is 0. The Hall–Kier alpha value is -1.33. The van der Waals surface area contributed by atoms with Gasteiger partial charge in [-0.3, -0.25) is 4.90 Å². The third-order valence-corrected chi connectivity index (χ3v) is 4.29. The van der Waals surface area contributed by atoms with E-state index in [1.54, 1.807) is 6.33 Å². The average Bonchev–Trinajstić information content (AvgIpc) is 2.96. The van der Waals surface area contributed by atoms with Gasteiger partial charge in [-0.25, -0.2) is 4.98 Å². The standard InChI is InChI=1S/C15H19BrN4/c16-13-3-1-12(2-4-13)10-20-7-5-14(6-8-20)19-15-9-17-11-18-15/h1-4,9,11,14,19H,5-8,10H2,(H,17,18). The number of benzene rings is 1. The molecule has 0 bridgehead atoms. The summed E-state index contributed by atoms with van der Waals surface area (Å²) in [6.45, 7) is 3.33. The Morgan fingerprint density at radius 2 is 2.00 bits per heavy atom. The molecule has 0 atom stereocenters. The second kappa shape index (κ2) is 6.41. The lowest BCUT2D eigenvalue weighted by atomic mass is 10.0. The number of hydrogen-bond acceptors (Lipinski definition) is 3. The van der Waals surface area contributed by atoms with Crippen molar-refractivity contribution >= 4 is 21.7 Å². The van der Waals surface area contributed by atoms with E-state index in [-0.39, 0.29) is 0 Å². The van der Waals surface area contributed by atoms with Crippen molar-refractivity contribution < 1.29 is 0 Å². The highest BCUT2D eigenvalue weighted by molar-refractivity contribution is 9.10. The Kier molecular flexibility index (Phi) is 4.38. The molecule has 20 heavy (non-hydrogen) atoms. The molecule has 1 aromatic carbocycles. The maximum Gasteiger partial charge on any atom is 0.123 e. The Bertz CT molecular complexity index is 515. The number of nitrogens with zero attached hydrogens (tertiary/aromatic N) is 2. The zero-order valence-electron chi connectivity index (χ0n) is 11.3. The number of anilines is 1. The van der Waals surface area contributed by atoms with Crippen LogP contribution in [0, 0.1) is 0 Å². The van der Waals surface area contributed by atoms with E-state index in [1.165, 1.54) is 18.4 Å². The summed E-state index contributed by atoms with van der Waals surface area (Å²) in [5, 5.41) is 3.50. The number of likely N-dealkylation sites (tertiary alicyclic amines) is 1. The summed E-state index contributed by atoms with van der Waals surface area (Å²) in [6.07, 6.45) is 5.91. The van der Waals surface area contributed by atoms with E-state index in [9.17, 15) is 0 Å². The number of rotatable bonds is 4. The number of nitrogens with one attached hydrogen (secondary N) is 2.